The highest BCUT2D eigenvalue weighted by Crippen LogP contribution is 2.38. The molecule has 64 valence electrons. The number of rotatable bonds is 3. The van der Waals surface area contributed by atoms with Crippen LogP contribution < -0.4 is 5.32 Å². The Morgan fingerprint density at radius 2 is 2.25 bits per heavy atom. The summed E-state index contributed by atoms with van der Waals surface area (Å²) in [5, 5.41) is 18.9. The number of carbonyl (C=O) groups is 2. The van der Waals surface area contributed by atoms with Crippen LogP contribution in [-0.4, -0.2) is 23.5 Å². The molecule has 0 aromatic heterocycles. The van der Waals surface area contributed by atoms with Crippen molar-refractivity contribution in [2.75, 3.05) is 6.54 Å². The van der Waals surface area contributed by atoms with Crippen LogP contribution in [0, 0.1) is 23.2 Å². The lowest BCUT2D eigenvalue weighted by atomic mass is 10.3. The van der Waals surface area contributed by atoms with Crippen LogP contribution >= 0.6 is 0 Å². The van der Waals surface area contributed by atoms with Crippen LogP contribution in [0.4, 0.5) is 0 Å². The fraction of sp³-hybridized carbons (Fsp3) is 0.571. The second-order valence-electron chi connectivity index (χ2n) is 2.66. The average Bonchev–Trinajstić information content (AvgIpc) is 2.78. The number of nitriles is 1. The monoisotopic (exact) mass is 168 g/mol. The molecule has 0 aromatic carbocycles. The average molecular weight is 168 g/mol. The molecule has 12 heavy (non-hydrogen) atoms. The molecule has 0 unspecified atom stereocenters. The van der Waals surface area contributed by atoms with Gasteiger partial charge < -0.3 is 10.4 Å². The summed E-state index contributed by atoms with van der Waals surface area (Å²) < 4.78 is 0. The van der Waals surface area contributed by atoms with Crippen LogP contribution in [0.5, 0.6) is 0 Å². The van der Waals surface area contributed by atoms with Crippen LogP contribution in [0.2, 0.25) is 0 Å². The highest BCUT2D eigenvalue weighted by molar-refractivity contribution is 5.89. The zero-order valence-electron chi connectivity index (χ0n) is 6.28. The Balaban J connectivity index is 2.29. The van der Waals surface area contributed by atoms with Gasteiger partial charge in [0.25, 0.3) is 0 Å². The van der Waals surface area contributed by atoms with Crippen molar-refractivity contribution >= 4 is 11.9 Å². The molecule has 1 saturated carbocycles. The van der Waals surface area contributed by atoms with Gasteiger partial charge in [-0.25, -0.2) is 0 Å². The molecule has 0 spiro atoms. The lowest BCUT2D eigenvalue weighted by Crippen LogP contribution is -2.26. The highest BCUT2D eigenvalue weighted by Gasteiger charge is 2.48. The third-order valence-electron chi connectivity index (χ3n) is 1.79. The van der Waals surface area contributed by atoms with Crippen molar-refractivity contribution in [3.8, 4) is 6.07 Å². The fourth-order valence-corrected chi connectivity index (χ4v) is 1.02. The van der Waals surface area contributed by atoms with Gasteiger partial charge in [0.05, 0.1) is 17.9 Å². The topological polar surface area (TPSA) is 90.2 Å². The maximum Gasteiger partial charge on any atom is 0.307 e. The molecule has 5 nitrogen and oxygen atoms in total. The van der Waals surface area contributed by atoms with E-state index in [9.17, 15) is 9.59 Å². The summed E-state index contributed by atoms with van der Waals surface area (Å²) in [4.78, 5) is 21.3. The number of hydrogen-bond donors (Lipinski definition) is 2. The molecule has 0 saturated heterocycles. The standard InChI is InChI=1S/C7H8N2O3/c8-1-2-9-6(10)4-3-5(4)7(11)12/h4-5H,2-3H2,(H,9,10)(H,11,12)/t4-,5+/m0/s1. The summed E-state index contributed by atoms with van der Waals surface area (Å²) >= 11 is 0. The van der Waals surface area contributed by atoms with Crippen LogP contribution in [0.15, 0.2) is 0 Å². The molecule has 0 heterocycles. The number of hydrogen-bond acceptors (Lipinski definition) is 3. The Morgan fingerprint density at radius 3 is 2.67 bits per heavy atom. The fourth-order valence-electron chi connectivity index (χ4n) is 1.02. The predicted octanol–water partition coefficient (Wildman–Crippen LogP) is -0.653. The van der Waals surface area contributed by atoms with Crippen molar-refractivity contribution in [2.45, 2.75) is 6.42 Å². The first-order valence-corrected chi connectivity index (χ1v) is 3.54. The Kier molecular flexibility index (Phi) is 2.29. The summed E-state index contributed by atoms with van der Waals surface area (Å²) in [6.45, 7) is -0.0539. The maximum absolute atomic E-state index is 11.0. The second kappa shape index (κ2) is 3.22. The molecule has 5 heteroatoms. The van der Waals surface area contributed by atoms with Gasteiger partial charge in [-0.15, -0.1) is 0 Å². The molecule has 2 atom stereocenters. The second-order valence-corrected chi connectivity index (χ2v) is 2.66. The van der Waals surface area contributed by atoms with Crippen molar-refractivity contribution in [3.05, 3.63) is 0 Å². The molecule has 1 fully saturated rings. The van der Waals surface area contributed by atoms with Gasteiger partial charge in [-0.2, -0.15) is 5.26 Å². The first kappa shape index (κ1) is 8.53. The largest absolute Gasteiger partial charge is 0.481 e. The smallest absolute Gasteiger partial charge is 0.307 e. The Labute approximate surface area is 69.0 Å². The van der Waals surface area contributed by atoms with Gasteiger partial charge in [0.1, 0.15) is 6.54 Å². The lowest BCUT2D eigenvalue weighted by Gasteiger charge is -1.96. The van der Waals surface area contributed by atoms with E-state index in [1.165, 1.54) is 0 Å². The van der Waals surface area contributed by atoms with Gasteiger partial charge in [0.15, 0.2) is 0 Å². The van der Waals surface area contributed by atoms with Gasteiger partial charge in [-0.1, -0.05) is 0 Å². The van der Waals surface area contributed by atoms with Crippen LogP contribution in [0.25, 0.3) is 0 Å². The number of carboxylic acids is 1. The molecule has 0 aromatic rings. The Bertz CT molecular complexity index is 256. The number of nitrogens with zero attached hydrogens (tertiary/aromatic N) is 1. The molecule has 1 aliphatic rings. The van der Waals surface area contributed by atoms with Crippen molar-refractivity contribution in [3.63, 3.8) is 0 Å². The van der Waals surface area contributed by atoms with E-state index in [1.54, 1.807) is 6.07 Å². The molecule has 2 N–H and O–H groups in total. The molecule has 0 radical (unpaired) electrons. The number of amides is 1. The van der Waals surface area contributed by atoms with E-state index in [4.69, 9.17) is 10.4 Å². The van der Waals surface area contributed by atoms with E-state index < -0.39 is 17.8 Å². The van der Waals surface area contributed by atoms with Crippen molar-refractivity contribution < 1.29 is 14.7 Å². The van der Waals surface area contributed by atoms with Gasteiger partial charge in [-0.3, -0.25) is 9.59 Å². The summed E-state index contributed by atoms with van der Waals surface area (Å²) in [7, 11) is 0. The molecular formula is C7H8N2O3. The summed E-state index contributed by atoms with van der Waals surface area (Å²) in [5.41, 5.74) is 0. The van der Waals surface area contributed by atoms with Crippen molar-refractivity contribution in [1.29, 1.82) is 5.26 Å². The van der Waals surface area contributed by atoms with Gasteiger partial charge in [0.2, 0.25) is 5.91 Å². The third kappa shape index (κ3) is 1.72. The maximum atomic E-state index is 11.0. The molecule has 1 amide bonds. The van der Waals surface area contributed by atoms with Gasteiger partial charge in [-0.05, 0) is 6.42 Å². The van der Waals surface area contributed by atoms with E-state index in [0.29, 0.717) is 6.42 Å². The van der Waals surface area contributed by atoms with E-state index >= 15 is 0 Å². The van der Waals surface area contributed by atoms with Crippen LogP contribution in [0.1, 0.15) is 6.42 Å². The minimum absolute atomic E-state index is 0.0539. The van der Waals surface area contributed by atoms with Crippen LogP contribution in [-0.2, 0) is 9.59 Å². The van der Waals surface area contributed by atoms with E-state index in [0.717, 1.165) is 0 Å². The van der Waals surface area contributed by atoms with E-state index in [-0.39, 0.29) is 12.5 Å². The summed E-state index contributed by atoms with van der Waals surface area (Å²) in [5.74, 6) is -2.23. The van der Waals surface area contributed by atoms with Crippen molar-refractivity contribution in [1.82, 2.24) is 5.32 Å². The first-order valence-electron chi connectivity index (χ1n) is 3.54. The Hall–Kier alpha value is -1.57. The first-order chi connectivity index (χ1) is 5.66. The number of nitrogens with one attached hydrogen (secondary N) is 1. The normalized spacial score (nSPS) is 25.6. The Morgan fingerprint density at radius 1 is 1.58 bits per heavy atom. The summed E-state index contributed by atoms with van der Waals surface area (Å²) in [6.07, 6.45) is 0.395. The van der Waals surface area contributed by atoms with Gasteiger partial charge in [0, 0.05) is 0 Å². The minimum Gasteiger partial charge on any atom is -0.481 e. The van der Waals surface area contributed by atoms with E-state index in [2.05, 4.69) is 5.32 Å². The third-order valence-corrected chi connectivity index (χ3v) is 1.79. The summed E-state index contributed by atoms with van der Waals surface area (Å²) in [6, 6.07) is 1.75. The molecule has 1 rings (SSSR count). The SMILES string of the molecule is N#CCNC(=O)[C@H]1C[C@H]1C(=O)O. The number of aliphatic carboxylic acids is 1. The predicted molar refractivity (Wildman–Crippen MR) is 37.9 cm³/mol. The zero-order valence-corrected chi connectivity index (χ0v) is 6.28. The highest BCUT2D eigenvalue weighted by atomic mass is 16.4. The molecule has 1 aliphatic carbocycles. The zero-order chi connectivity index (χ0) is 9.14. The van der Waals surface area contributed by atoms with Crippen molar-refractivity contribution in [2.24, 2.45) is 11.8 Å². The lowest BCUT2D eigenvalue weighted by molar-refractivity contribution is -0.140. The molecule has 0 bridgehead atoms. The molecular weight excluding hydrogens is 160 g/mol. The van der Waals surface area contributed by atoms with Crippen LogP contribution in [0.3, 0.4) is 0 Å². The quantitative estimate of drug-likeness (QED) is 0.548. The minimum atomic E-state index is -0.938. The van der Waals surface area contributed by atoms with E-state index in [1.807, 2.05) is 0 Å². The number of carboxylic acid groups (broad SMARTS) is 1. The number of carbonyl (C=O) groups excluding carboxylic acids is 1. The van der Waals surface area contributed by atoms with Gasteiger partial charge >= 0.3 is 5.97 Å². The molecule has 0 aliphatic heterocycles.